The van der Waals surface area contributed by atoms with Gasteiger partial charge in [0.1, 0.15) is 0 Å². The minimum Gasteiger partial charge on any atom is -0.481 e. The molecule has 4 heteroatoms. The van der Waals surface area contributed by atoms with Crippen LogP contribution in [0, 0.1) is 12.8 Å². The van der Waals surface area contributed by atoms with Crippen molar-refractivity contribution in [2.45, 2.75) is 13.3 Å². The predicted molar refractivity (Wildman–Crippen MR) is 64.5 cm³/mol. The summed E-state index contributed by atoms with van der Waals surface area (Å²) in [5.41, 5.74) is 2.55. The number of carbonyl (C=O) groups is 2. The van der Waals surface area contributed by atoms with Crippen molar-refractivity contribution in [2.24, 2.45) is 5.92 Å². The monoisotopic (exact) mass is 233 g/mol. The average molecular weight is 233 g/mol. The number of nitrogens with zero attached hydrogens (tertiary/aromatic N) is 1. The van der Waals surface area contributed by atoms with Gasteiger partial charge in [0.05, 0.1) is 5.92 Å². The number of aryl methyl sites for hydroxylation is 1. The molecule has 2 rings (SSSR count). The number of aliphatic carboxylic acids is 1. The summed E-state index contributed by atoms with van der Waals surface area (Å²) in [6.07, 6.45) is 1.46. The molecule has 1 atom stereocenters. The Bertz CT molecular complexity index is 456. The van der Waals surface area contributed by atoms with Gasteiger partial charge in [-0.3, -0.25) is 9.59 Å². The van der Waals surface area contributed by atoms with Crippen molar-refractivity contribution in [1.82, 2.24) is 0 Å². The van der Waals surface area contributed by atoms with Gasteiger partial charge in [0, 0.05) is 24.3 Å². The number of carbonyl (C=O) groups excluding carboxylic acids is 1. The molecule has 90 valence electrons. The zero-order valence-electron chi connectivity index (χ0n) is 9.72. The Hall–Kier alpha value is -1.84. The zero-order valence-corrected chi connectivity index (χ0v) is 9.72. The van der Waals surface area contributed by atoms with E-state index >= 15 is 0 Å². The van der Waals surface area contributed by atoms with Gasteiger partial charge in [-0.2, -0.15) is 0 Å². The summed E-state index contributed by atoms with van der Waals surface area (Å²) < 4.78 is 0. The summed E-state index contributed by atoms with van der Waals surface area (Å²) in [5, 5.41) is 8.96. The molecule has 0 aliphatic carbocycles. The number of benzene rings is 1. The molecule has 0 spiro atoms. The molecule has 0 bridgehead atoms. The van der Waals surface area contributed by atoms with Gasteiger partial charge in [-0.05, 0) is 31.0 Å². The van der Waals surface area contributed by atoms with E-state index < -0.39 is 5.97 Å². The molecular weight excluding hydrogens is 218 g/mol. The largest absolute Gasteiger partial charge is 0.481 e. The number of carboxylic acids is 1. The SMILES string of the molecule is Cc1ccc(C=O)c(N2CCC(C(=O)O)C2)c1. The van der Waals surface area contributed by atoms with Crippen molar-refractivity contribution in [1.29, 1.82) is 0 Å². The Kier molecular flexibility index (Phi) is 3.13. The fourth-order valence-corrected chi connectivity index (χ4v) is 2.21. The first-order valence-corrected chi connectivity index (χ1v) is 5.65. The summed E-state index contributed by atoms with van der Waals surface area (Å²) >= 11 is 0. The number of rotatable bonds is 3. The van der Waals surface area contributed by atoms with Crippen molar-refractivity contribution in [3.8, 4) is 0 Å². The predicted octanol–water partition coefficient (Wildman–Crippen LogP) is 1.72. The molecule has 1 aliphatic rings. The van der Waals surface area contributed by atoms with Crippen LogP contribution in [0.3, 0.4) is 0 Å². The Morgan fingerprint density at radius 2 is 2.29 bits per heavy atom. The van der Waals surface area contributed by atoms with Crippen LogP contribution in [0.5, 0.6) is 0 Å². The highest BCUT2D eigenvalue weighted by atomic mass is 16.4. The van der Waals surface area contributed by atoms with Gasteiger partial charge in [-0.1, -0.05) is 6.07 Å². The standard InChI is InChI=1S/C13H15NO3/c1-9-2-3-11(8-15)12(6-9)14-5-4-10(7-14)13(16)17/h2-3,6,8,10H,4-5,7H2,1H3,(H,16,17). The molecule has 1 saturated heterocycles. The Morgan fingerprint density at radius 3 is 2.88 bits per heavy atom. The molecule has 1 N–H and O–H groups in total. The molecule has 4 nitrogen and oxygen atoms in total. The lowest BCUT2D eigenvalue weighted by Crippen LogP contribution is -2.23. The third-order valence-electron chi connectivity index (χ3n) is 3.19. The van der Waals surface area contributed by atoms with E-state index in [0.717, 1.165) is 17.5 Å². The lowest BCUT2D eigenvalue weighted by Gasteiger charge is -2.20. The molecular formula is C13H15NO3. The van der Waals surface area contributed by atoms with Crippen LogP contribution in [0.1, 0.15) is 22.3 Å². The molecule has 1 aromatic rings. The Labute approximate surface area is 99.9 Å². The van der Waals surface area contributed by atoms with Crippen LogP contribution in [0.4, 0.5) is 5.69 Å². The topological polar surface area (TPSA) is 57.6 Å². The number of hydrogen-bond donors (Lipinski definition) is 1. The second kappa shape index (κ2) is 4.57. The molecule has 0 aromatic heterocycles. The van der Waals surface area contributed by atoms with E-state index in [9.17, 15) is 9.59 Å². The highest BCUT2D eigenvalue weighted by Gasteiger charge is 2.29. The van der Waals surface area contributed by atoms with Gasteiger partial charge in [0.25, 0.3) is 0 Å². The smallest absolute Gasteiger partial charge is 0.308 e. The fraction of sp³-hybridized carbons (Fsp3) is 0.385. The van der Waals surface area contributed by atoms with E-state index in [2.05, 4.69) is 0 Å². The summed E-state index contributed by atoms with van der Waals surface area (Å²) in [6.45, 7) is 3.14. The van der Waals surface area contributed by atoms with Crippen molar-refractivity contribution in [3.05, 3.63) is 29.3 Å². The lowest BCUT2D eigenvalue weighted by atomic mass is 10.1. The summed E-state index contributed by atoms with van der Waals surface area (Å²) in [6, 6.07) is 5.61. The van der Waals surface area contributed by atoms with Gasteiger partial charge in [-0.25, -0.2) is 0 Å². The van der Waals surface area contributed by atoms with Crippen molar-refractivity contribution in [2.75, 3.05) is 18.0 Å². The fourth-order valence-electron chi connectivity index (χ4n) is 2.21. The number of hydrogen-bond acceptors (Lipinski definition) is 3. The van der Waals surface area contributed by atoms with Crippen molar-refractivity contribution >= 4 is 17.9 Å². The van der Waals surface area contributed by atoms with Crippen LogP contribution in [0.25, 0.3) is 0 Å². The molecule has 0 radical (unpaired) electrons. The van der Waals surface area contributed by atoms with E-state index in [0.29, 0.717) is 25.1 Å². The van der Waals surface area contributed by atoms with E-state index in [1.807, 2.05) is 24.0 Å². The molecule has 17 heavy (non-hydrogen) atoms. The van der Waals surface area contributed by atoms with E-state index in [4.69, 9.17) is 5.11 Å². The summed E-state index contributed by atoms with van der Waals surface area (Å²) in [7, 11) is 0. The molecule has 1 aliphatic heterocycles. The van der Waals surface area contributed by atoms with Gasteiger partial charge in [-0.15, -0.1) is 0 Å². The quantitative estimate of drug-likeness (QED) is 0.807. The van der Waals surface area contributed by atoms with Gasteiger partial charge < -0.3 is 10.0 Å². The maximum Gasteiger partial charge on any atom is 0.308 e. The van der Waals surface area contributed by atoms with Crippen LogP contribution in [-0.2, 0) is 4.79 Å². The third kappa shape index (κ3) is 2.30. The average Bonchev–Trinajstić information content (AvgIpc) is 2.78. The normalized spacial score (nSPS) is 19.4. The van der Waals surface area contributed by atoms with Crippen LogP contribution in [0.2, 0.25) is 0 Å². The van der Waals surface area contributed by atoms with Crippen LogP contribution in [-0.4, -0.2) is 30.5 Å². The van der Waals surface area contributed by atoms with Crippen molar-refractivity contribution < 1.29 is 14.7 Å². The number of anilines is 1. The highest BCUT2D eigenvalue weighted by Crippen LogP contribution is 2.27. The Balaban J connectivity index is 2.26. The molecule has 1 heterocycles. The summed E-state index contributed by atoms with van der Waals surface area (Å²) in [5.74, 6) is -1.08. The second-order valence-electron chi connectivity index (χ2n) is 4.45. The maximum absolute atomic E-state index is 11.0. The number of carboxylic acid groups (broad SMARTS) is 1. The number of aldehydes is 1. The first-order valence-electron chi connectivity index (χ1n) is 5.65. The molecule has 1 unspecified atom stereocenters. The Morgan fingerprint density at radius 1 is 1.53 bits per heavy atom. The highest BCUT2D eigenvalue weighted by molar-refractivity contribution is 5.85. The van der Waals surface area contributed by atoms with E-state index in [-0.39, 0.29) is 5.92 Å². The zero-order chi connectivity index (χ0) is 12.4. The van der Waals surface area contributed by atoms with Gasteiger partial charge in [0.15, 0.2) is 6.29 Å². The van der Waals surface area contributed by atoms with Crippen LogP contribution < -0.4 is 4.90 Å². The van der Waals surface area contributed by atoms with Crippen LogP contribution in [0.15, 0.2) is 18.2 Å². The minimum atomic E-state index is -0.757. The third-order valence-corrected chi connectivity index (χ3v) is 3.19. The lowest BCUT2D eigenvalue weighted by molar-refractivity contribution is -0.140. The first kappa shape index (κ1) is 11.6. The van der Waals surface area contributed by atoms with Gasteiger partial charge in [0.2, 0.25) is 0 Å². The second-order valence-corrected chi connectivity index (χ2v) is 4.45. The molecule has 1 aromatic carbocycles. The minimum absolute atomic E-state index is 0.324. The molecule has 0 saturated carbocycles. The molecule has 1 fully saturated rings. The van der Waals surface area contributed by atoms with Gasteiger partial charge >= 0.3 is 5.97 Å². The van der Waals surface area contributed by atoms with E-state index in [1.54, 1.807) is 6.07 Å². The summed E-state index contributed by atoms with van der Waals surface area (Å²) in [4.78, 5) is 23.9. The van der Waals surface area contributed by atoms with E-state index in [1.165, 1.54) is 0 Å². The molecule has 0 amide bonds. The van der Waals surface area contributed by atoms with Crippen molar-refractivity contribution in [3.63, 3.8) is 0 Å². The first-order chi connectivity index (χ1) is 8.11. The van der Waals surface area contributed by atoms with Crippen LogP contribution >= 0.6 is 0 Å². The maximum atomic E-state index is 11.0.